The second kappa shape index (κ2) is 10.5. The van der Waals surface area contributed by atoms with E-state index in [4.69, 9.17) is 16.3 Å². The Morgan fingerprint density at radius 2 is 1.90 bits per heavy atom. The van der Waals surface area contributed by atoms with Crippen LogP contribution < -0.4 is 10.1 Å². The van der Waals surface area contributed by atoms with E-state index < -0.39 is 0 Å². The number of benzene rings is 1. The van der Waals surface area contributed by atoms with Gasteiger partial charge < -0.3 is 15.0 Å². The zero-order valence-electron chi connectivity index (χ0n) is 17.2. The van der Waals surface area contributed by atoms with Crippen molar-refractivity contribution in [3.63, 3.8) is 0 Å². The van der Waals surface area contributed by atoms with Gasteiger partial charge >= 0.3 is 0 Å². The lowest BCUT2D eigenvalue weighted by atomic mass is 10.1. The molecule has 29 heavy (non-hydrogen) atoms. The number of aromatic nitrogens is 2. The number of carbonyl (C=O) groups excluding carboxylic acids is 2. The van der Waals surface area contributed by atoms with Crippen molar-refractivity contribution < 1.29 is 14.3 Å². The van der Waals surface area contributed by atoms with Crippen LogP contribution in [0, 0.1) is 13.8 Å². The maximum atomic E-state index is 12.5. The molecule has 0 saturated carbocycles. The number of ether oxygens (including phenoxy) is 1. The molecule has 7 nitrogen and oxygen atoms in total. The fraction of sp³-hybridized carbons (Fsp3) is 0.400. The molecular formula is C20H25ClN4O3S. The zero-order valence-corrected chi connectivity index (χ0v) is 18.8. The molecule has 2 aromatic rings. The lowest BCUT2D eigenvalue weighted by molar-refractivity contribution is -0.133. The number of anilines is 1. The van der Waals surface area contributed by atoms with Crippen molar-refractivity contribution in [2.24, 2.45) is 0 Å². The molecule has 9 heteroatoms. The Kier molecular flexibility index (Phi) is 8.28. The number of aryl methyl sites for hydroxylation is 2. The van der Waals surface area contributed by atoms with Gasteiger partial charge in [-0.2, -0.15) is 0 Å². The predicted octanol–water partition coefficient (Wildman–Crippen LogP) is 3.51. The molecule has 0 aliphatic carbocycles. The third kappa shape index (κ3) is 6.33. The molecule has 156 valence electrons. The van der Waals surface area contributed by atoms with Gasteiger partial charge in [0.15, 0.2) is 5.16 Å². The van der Waals surface area contributed by atoms with Crippen LogP contribution in [0.1, 0.15) is 23.4 Å². The number of hydrogen-bond donors (Lipinski definition) is 1. The van der Waals surface area contributed by atoms with Crippen molar-refractivity contribution >= 4 is 40.9 Å². The maximum Gasteiger partial charge on any atom is 0.244 e. The highest BCUT2D eigenvalue weighted by Crippen LogP contribution is 2.27. The summed E-state index contributed by atoms with van der Waals surface area (Å²) in [7, 11) is 3.11. The Morgan fingerprint density at radius 3 is 2.48 bits per heavy atom. The highest BCUT2D eigenvalue weighted by molar-refractivity contribution is 7.98. The van der Waals surface area contributed by atoms with Crippen LogP contribution in [-0.4, -0.2) is 53.6 Å². The largest absolute Gasteiger partial charge is 0.495 e. The molecule has 1 aromatic heterocycles. The normalized spacial score (nSPS) is 10.6. The average Bonchev–Trinajstić information content (AvgIpc) is 2.66. The molecule has 0 bridgehead atoms. The minimum atomic E-state index is -0.332. The molecule has 1 N–H and O–H groups in total. The van der Waals surface area contributed by atoms with Crippen LogP contribution in [0.3, 0.4) is 0 Å². The van der Waals surface area contributed by atoms with Crippen molar-refractivity contribution in [3.05, 3.63) is 40.2 Å². The Labute approximate surface area is 180 Å². The number of carbonyl (C=O) groups is 2. The van der Waals surface area contributed by atoms with Gasteiger partial charge in [0.05, 0.1) is 19.3 Å². The molecular weight excluding hydrogens is 412 g/mol. The van der Waals surface area contributed by atoms with Crippen LogP contribution in [0.25, 0.3) is 0 Å². The van der Waals surface area contributed by atoms with Gasteiger partial charge in [0, 0.05) is 29.9 Å². The Hall–Kier alpha value is -2.32. The number of nitrogens with zero attached hydrogens (tertiary/aromatic N) is 3. The quantitative estimate of drug-likeness (QED) is 0.503. The van der Waals surface area contributed by atoms with Crippen LogP contribution >= 0.6 is 23.4 Å². The van der Waals surface area contributed by atoms with Crippen molar-refractivity contribution in [2.45, 2.75) is 31.8 Å². The van der Waals surface area contributed by atoms with E-state index in [9.17, 15) is 9.59 Å². The first kappa shape index (κ1) is 23.0. The number of methoxy groups -OCH3 is 1. The second-order valence-corrected chi connectivity index (χ2v) is 7.71. The Morgan fingerprint density at radius 1 is 1.24 bits per heavy atom. The van der Waals surface area contributed by atoms with Gasteiger partial charge in [-0.3, -0.25) is 9.59 Å². The van der Waals surface area contributed by atoms with Gasteiger partial charge in [-0.25, -0.2) is 9.97 Å². The number of amides is 2. The molecule has 0 aliphatic rings. The van der Waals surface area contributed by atoms with Crippen LogP contribution in [-0.2, 0) is 16.0 Å². The fourth-order valence-electron chi connectivity index (χ4n) is 2.86. The summed E-state index contributed by atoms with van der Waals surface area (Å²) in [5, 5.41) is 3.93. The molecule has 0 aliphatic heterocycles. The van der Waals surface area contributed by atoms with Crippen LogP contribution in [0.15, 0.2) is 23.4 Å². The predicted molar refractivity (Wildman–Crippen MR) is 116 cm³/mol. The Bertz CT molecular complexity index is 884. The maximum absolute atomic E-state index is 12.5. The Balaban J connectivity index is 1.94. The fourth-order valence-corrected chi connectivity index (χ4v) is 3.48. The van der Waals surface area contributed by atoms with Crippen molar-refractivity contribution in [3.8, 4) is 5.75 Å². The van der Waals surface area contributed by atoms with Gasteiger partial charge in [0.2, 0.25) is 11.8 Å². The summed E-state index contributed by atoms with van der Waals surface area (Å²) in [5.41, 5.74) is 3.19. The summed E-state index contributed by atoms with van der Waals surface area (Å²) in [4.78, 5) is 35.1. The molecule has 0 saturated heterocycles. The smallest absolute Gasteiger partial charge is 0.244 e. The number of nitrogens with one attached hydrogen (secondary N) is 1. The average molecular weight is 437 g/mol. The van der Waals surface area contributed by atoms with Crippen molar-refractivity contribution in [2.75, 3.05) is 32.3 Å². The van der Waals surface area contributed by atoms with Crippen molar-refractivity contribution in [1.29, 1.82) is 0 Å². The molecule has 1 aromatic carbocycles. The minimum absolute atomic E-state index is 0.0750. The monoisotopic (exact) mass is 436 g/mol. The van der Waals surface area contributed by atoms with Crippen molar-refractivity contribution in [1.82, 2.24) is 14.9 Å². The molecule has 0 radical (unpaired) electrons. The van der Waals surface area contributed by atoms with E-state index in [0.29, 0.717) is 22.9 Å². The van der Waals surface area contributed by atoms with E-state index in [1.165, 1.54) is 23.8 Å². The number of likely N-dealkylation sites (N-methyl/N-ethyl adjacent to an activating group) is 1. The number of rotatable bonds is 8. The lowest BCUT2D eigenvalue weighted by Crippen LogP contribution is -2.35. The molecule has 2 amide bonds. The van der Waals surface area contributed by atoms with Gasteiger partial charge in [-0.05, 0) is 50.3 Å². The van der Waals surface area contributed by atoms with Gasteiger partial charge in [0.1, 0.15) is 5.75 Å². The number of thioether (sulfide) groups is 1. The van der Waals surface area contributed by atoms with E-state index in [0.717, 1.165) is 22.1 Å². The van der Waals surface area contributed by atoms with E-state index >= 15 is 0 Å². The highest BCUT2D eigenvalue weighted by Gasteiger charge is 2.16. The molecule has 0 unspecified atom stereocenters. The van der Waals surface area contributed by atoms with E-state index in [2.05, 4.69) is 15.3 Å². The summed E-state index contributed by atoms with van der Waals surface area (Å²) in [6.07, 6.45) is 2.73. The second-order valence-electron chi connectivity index (χ2n) is 6.50. The summed E-state index contributed by atoms with van der Waals surface area (Å²) in [6.45, 7) is 3.77. The van der Waals surface area contributed by atoms with Crippen LogP contribution in [0.4, 0.5) is 5.69 Å². The first-order valence-electron chi connectivity index (χ1n) is 9.00. The van der Waals surface area contributed by atoms with Gasteiger partial charge in [-0.1, -0.05) is 23.4 Å². The highest BCUT2D eigenvalue weighted by atomic mass is 35.5. The van der Waals surface area contributed by atoms with Crippen LogP contribution in [0.2, 0.25) is 5.02 Å². The van der Waals surface area contributed by atoms with Gasteiger partial charge in [-0.15, -0.1) is 0 Å². The summed E-state index contributed by atoms with van der Waals surface area (Å²) < 4.78 is 5.21. The topological polar surface area (TPSA) is 84.4 Å². The zero-order chi connectivity index (χ0) is 21.6. The first-order chi connectivity index (χ1) is 13.7. The number of halogens is 1. The van der Waals surface area contributed by atoms with Crippen LogP contribution in [0.5, 0.6) is 5.75 Å². The summed E-state index contributed by atoms with van der Waals surface area (Å²) in [6, 6.07) is 4.94. The lowest BCUT2D eigenvalue weighted by Gasteiger charge is -2.18. The standard InChI is InChI=1S/C20H25ClN4O3S/c1-12-15(13(2)23-20(22-12)29-5)7-9-19(27)25(3)11-18(26)24-16-10-14(21)6-8-17(16)28-4/h6,8,10H,7,9,11H2,1-5H3,(H,24,26). The third-order valence-corrected chi connectivity index (χ3v) is 5.20. The van der Waals surface area contributed by atoms with E-state index in [1.54, 1.807) is 25.2 Å². The molecule has 1 heterocycles. The third-order valence-electron chi connectivity index (χ3n) is 4.41. The first-order valence-corrected chi connectivity index (χ1v) is 10.6. The minimum Gasteiger partial charge on any atom is -0.495 e. The molecule has 0 spiro atoms. The molecule has 0 atom stereocenters. The molecule has 0 fully saturated rings. The summed E-state index contributed by atoms with van der Waals surface area (Å²) >= 11 is 7.46. The van der Waals surface area contributed by atoms with E-state index in [-0.39, 0.29) is 24.8 Å². The van der Waals surface area contributed by atoms with Gasteiger partial charge in [0.25, 0.3) is 0 Å². The van der Waals surface area contributed by atoms with E-state index in [1.807, 2.05) is 20.1 Å². The SMILES string of the molecule is COc1ccc(Cl)cc1NC(=O)CN(C)C(=O)CCc1c(C)nc(SC)nc1C. The molecule has 2 rings (SSSR count). The number of hydrogen-bond acceptors (Lipinski definition) is 6. The summed E-state index contributed by atoms with van der Waals surface area (Å²) in [5.74, 6) is 0.0313.